The average Bonchev–Trinajstić information content (AvgIpc) is 2.66. The molecule has 1 aliphatic heterocycles. The predicted octanol–water partition coefficient (Wildman–Crippen LogP) is 2.61. The van der Waals surface area contributed by atoms with Crippen LogP contribution in [0.5, 0.6) is 0 Å². The van der Waals surface area contributed by atoms with Gasteiger partial charge in [-0.3, -0.25) is 14.7 Å². The predicted molar refractivity (Wildman–Crippen MR) is 112 cm³/mol. The quantitative estimate of drug-likeness (QED) is 0.777. The molecule has 1 heterocycles. The molecule has 0 amide bonds. The molecule has 0 bridgehead atoms. The van der Waals surface area contributed by atoms with E-state index in [1.54, 1.807) is 0 Å². The molecule has 2 aromatic carbocycles. The zero-order chi connectivity index (χ0) is 19.1. The number of rotatable bonds is 8. The topological polar surface area (TPSA) is 30.0 Å². The summed E-state index contributed by atoms with van der Waals surface area (Å²) in [5.41, 5.74) is 4.09. The van der Waals surface area contributed by atoms with Crippen molar-refractivity contribution in [3.63, 3.8) is 0 Å². The zero-order valence-electron chi connectivity index (χ0n) is 16.7. The first kappa shape index (κ1) is 20.0. The number of benzene rings is 2. The number of hydrogen-bond acceptors (Lipinski definition) is 4. The monoisotopic (exact) mass is 367 g/mol. The zero-order valence-corrected chi connectivity index (χ0v) is 16.7. The highest BCUT2D eigenvalue weighted by atomic mass is 16.3. The lowest BCUT2D eigenvalue weighted by Gasteiger charge is -2.36. The molecule has 1 aliphatic rings. The van der Waals surface area contributed by atoms with Crippen molar-refractivity contribution in [2.24, 2.45) is 0 Å². The number of likely N-dealkylation sites (N-methyl/N-ethyl adjacent to an activating group) is 1. The van der Waals surface area contributed by atoms with Crippen LogP contribution in [0.1, 0.15) is 16.7 Å². The van der Waals surface area contributed by atoms with E-state index in [9.17, 15) is 5.11 Å². The van der Waals surface area contributed by atoms with Gasteiger partial charge in [0.15, 0.2) is 0 Å². The van der Waals surface area contributed by atoms with Gasteiger partial charge in [0.2, 0.25) is 0 Å². The number of piperazine rings is 1. The molecule has 1 fully saturated rings. The first-order valence-corrected chi connectivity index (χ1v) is 10.00. The lowest BCUT2D eigenvalue weighted by Crippen LogP contribution is -2.49. The number of nitrogens with zero attached hydrogens (tertiary/aromatic N) is 3. The van der Waals surface area contributed by atoms with E-state index in [0.717, 1.165) is 45.8 Å². The summed E-state index contributed by atoms with van der Waals surface area (Å²) in [7, 11) is 2.08. The van der Waals surface area contributed by atoms with Crippen molar-refractivity contribution in [2.45, 2.75) is 26.1 Å². The highest BCUT2D eigenvalue weighted by Gasteiger charge is 2.20. The summed E-state index contributed by atoms with van der Waals surface area (Å²) in [6.45, 7) is 9.77. The Labute approximate surface area is 164 Å². The summed E-state index contributed by atoms with van der Waals surface area (Å²) < 4.78 is 0. The number of β-amino-alcohol motifs (C(OH)–C–C–N with tert-alkyl or cyclic N) is 1. The van der Waals surface area contributed by atoms with Crippen LogP contribution in [-0.4, -0.2) is 72.2 Å². The highest BCUT2D eigenvalue weighted by molar-refractivity contribution is 5.25. The van der Waals surface area contributed by atoms with E-state index >= 15 is 0 Å². The minimum absolute atomic E-state index is 0.304. The van der Waals surface area contributed by atoms with Gasteiger partial charge in [0.25, 0.3) is 0 Å². The van der Waals surface area contributed by atoms with Gasteiger partial charge in [-0.2, -0.15) is 0 Å². The van der Waals surface area contributed by atoms with Crippen molar-refractivity contribution in [3.05, 3.63) is 71.3 Å². The van der Waals surface area contributed by atoms with E-state index in [-0.39, 0.29) is 6.10 Å². The van der Waals surface area contributed by atoms with Crippen LogP contribution in [0, 0.1) is 6.92 Å². The minimum atomic E-state index is -0.304. The first-order valence-electron chi connectivity index (χ1n) is 10.00. The molecule has 1 atom stereocenters. The van der Waals surface area contributed by atoms with Gasteiger partial charge in [0.05, 0.1) is 6.10 Å². The molecule has 1 N–H and O–H groups in total. The molecule has 0 aromatic heterocycles. The van der Waals surface area contributed by atoms with E-state index in [2.05, 4.69) is 77.2 Å². The van der Waals surface area contributed by atoms with Gasteiger partial charge in [-0.1, -0.05) is 54.6 Å². The molecule has 0 radical (unpaired) electrons. The standard InChI is InChI=1S/C23H33N3O/c1-20-8-6-7-11-22(20)17-25-12-14-26(15-13-25)19-23(27)18-24(2)16-21-9-4-3-5-10-21/h3-11,23,27H,12-19H2,1-2H3. The molecule has 4 heteroatoms. The van der Waals surface area contributed by atoms with Gasteiger partial charge in [-0.25, -0.2) is 0 Å². The average molecular weight is 368 g/mol. The van der Waals surface area contributed by atoms with Crippen LogP contribution in [0.3, 0.4) is 0 Å². The van der Waals surface area contributed by atoms with Crippen LogP contribution in [0.4, 0.5) is 0 Å². The van der Waals surface area contributed by atoms with Crippen molar-refractivity contribution in [1.82, 2.24) is 14.7 Å². The Kier molecular flexibility index (Phi) is 7.41. The Morgan fingerprint density at radius 3 is 2.26 bits per heavy atom. The molecular formula is C23H33N3O. The van der Waals surface area contributed by atoms with E-state index in [1.165, 1.54) is 16.7 Å². The van der Waals surface area contributed by atoms with Crippen LogP contribution in [-0.2, 0) is 13.1 Å². The van der Waals surface area contributed by atoms with Gasteiger partial charge in [-0.05, 0) is 30.7 Å². The third-order valence-electron chi connectivity index (χ3n) is 5.41. The summed E-state index contributed by atoms with van der Waals surface area (Å²) in [5.74, 6) is 0. The van der Waals surface area contributed by atoms with Crippen LogP contribution in [0.2, 0.25) is 0 Å². The van der Waals surface area contributed by atoms with Crippen molar-refractivity contribution >= 4 is 0 Å². The molecule has 146 valence electrons. The molecule has 3 rings (SSSR count). The molecule has 1 saturated heterocycles. The van der Waals surface area contributed by atoms with E-state index in [1.807, 2.05) is 6.07 Å². The molecule has 1 unspecified atom stereocenters. The first-order chi connectivity index (χ1) is 13.1. The Hall–Kier alpha value is -1.72. The Bertz CT molecular complexity index is 683. The second-order valence-corrected chi connectivity index (χ2v) is 7.84. The second kappa shape index (κ2) is 10.00. The van der Waals surface area contributed by atoms with Crippen molar-refractivity contribution < 1.29 is 5.11 Å². The molecule has 0 aliphatic carbocycles. The maximum Gasteiger partial charge on any atom is 0.0793 e. The molecule has 0 saturated carbocycles. The fraction of sp³-hybridized carbons (Fsp3) is 0.478. The van der Waals surface area contributed by atoms with Crippen LogP contribution in [0.25, 0.3) is 0 Å². The van der Waals surface area contributed by atoms with Gasteiger partial charge in [0, 0.05) is 52.4 Å². The Balaban J connectivity index is 1.37. The summed E-state index contributed by atoms with van der Waals surface area (Å²) in [6, 6.07) is 19.1. The summed E-state index contributed by atoms with van der Waals surface area (Å²) in [4.78, 5) is 7.12. The third kappa shape index (κ3) is 6.43. The van der Waals surface area contributed by atoms with Gasteiger partial charge in [-0.15, -0.1) is 0 Å². The van der Waals surface area contributed by atoms with Crippen LogP contribution < -0.4 is 0 Å². The smallest absolute Gasteiger partial charge is 0.0793 e. The summed E-state index contributed by atoms with van der Waals surface area (Å²) >= 11 is 0. The van der Waals surface area contributed by atoms with E-state index in [0.29, 0.717) is 6.54 Å². The minimum Gasteiger partial charge on any atom is -0.390 e. The lowest BCUT2D eigenvalue weighted by atomic mass is 10.1. The van der Waals surface area contributed by atoms with E-state index < -0.39 is 0 Å². The van der Waals surface area contributed by atoms with Crippen LogP contribution >= 0.6 is 0 Å². The summed E-state index contributed by atoms with van der Waals surface area (Å²) in [5, 5.41) is 10.5. The van der Waals surface area contributed by atoms with Gasteiger partial charge < -0.3 is 5.11 Å². The Morgan fingerprint density at radius 2 is 1.56 bits per heavy atom. The summed E-state index contributed by atoms with van der Waals surface area (Å²) in [6.07, 6.45) is -0.304. The number of aliphatic hydroxyl groups excluding tert-OH is 1. The lowest BCUT2D eigenvalue weighted by molar-refractivity contribution is 0.0525. The number of aliphatic hydroxyl groups is 1. The largest absolute Gasteiger partial charge is 0.390 e. The maximum atomic E-state index is 10.5. The normalized spacial score (nSPS) is 17.3. The fourth-order valence-corrected chi connectivity index (χ4v) is 3.83. The second-order valence-electron chi connectivity index (χ2n) is 7.84. The molecular weight excluding hydrogens is 334 g/mol. The SMILES string of the molecule is Cc1ccccc1CN1CCN(CC(O)CN(C)Cc2ccccc2)CC1. The third-order valence-corrected chi connectivity index (χ3v) is 5.41. The van der Waals surface area contributed by atoms with Crippen molar-refractivity contribution in [1.29, 1.82) is 0 Å². The molecule has 0 spiro atoms. The number of hydrogen-bond donors (Lipinski definition) is 1. The van der Waals surface area contributed by atoms with Crippen LogP contribution in [0.15, 0.2) is 54.6 Å². The van der Waals surface area contributed by atoms with Crippen molar-refractivity contribution in [2.75, 3.05) is 46.3 Å². The van der Waals surface area contributed by atoms with Crippen molar-refractivity contribution in [3.8, 4) is 0 Å². The Morgan fingerprint density at radius 1 is 0.926 bits per heavy atom. The maximum absolute atomic E-state index is 10.5. The molecule has 4 nitrogen and oxygen atoms in total. The fourth-order valence-electron chi connectivity index (χ4n) is 3.83. The highest BCUT2D eigenvalue weighted by Crippen LogP contribution is 2.13. The molecule has 27 heavy (non-hydrogen) atoms. The van der Waals surface area contributed by atoms with Gasteiger partial charge >= 0.3 is 0 Å². The van der Waals surface area contributed by atoms with Gasteiger partial charge in [0.1, 0.15) is 0 Å². The number of aryl methyl sites for hydroxylation is 1. The van der Waals surface area contributed by atoms with E-state index in [4.69, 9.17) is 0 Å². The molecule has 2 aromatic rings.